The number of furan rings is 1. The molecule has 5 rings (SSSR count). The van der Waals surface area contributed by atoms with Crippen molar-refractivity contribution >= 4 is 22.3 Å². The largest absolute Gasteiger partial charge is 0.493 e. The molecule has 0 amide bonds. The summed E-state index contributed by atoms with van der Waals surface area (Å²) in [5.41, 5.74) is 4.01. The number of hydrogen-bond acceptors (Lipinski definition) is 7. The molecule has 2 aromatic heterocycles. The maximum Gasteiger partial charge on any atom is 0.225 e. The van der Waals surface area contributed by atoms with Gasteiger partial charge in [-0.2, -0.15) is 5.26 Å². The summed E-state index contributed by atoms with van der Waals surface area (Å²) in [4.78, 5) is 6.40. The molecule has 7 heteroatoms. The number of pyridine rings is 1. The van der Waals surface area contributed by atoms with Crippen molar-refractivity contribution in [1.29, 1.82) is 5.26 Å². The molecular formula is C26H23N3O4. The highest BCUT2D eigenvalue weighted by Gasteiger charge is 2.37. The fourth-order valence-electron chi connectivity index (χ4n) is 4.09. The van der Waals surface area contributed by atoms with Crippen molar-refractivity contribution in [2.45, 2.75) is 19.3 Å². The lowest BCUT2D eigenvalue weighted by Gasteiger charge is -2.26. The second-order valence-electron chi connectivity index (χ2n) is 7.89. The van der Waals surface area contributed by atoms with Crippen LogP contribution in [0.3, 0.4) is 0 Å². The van der Waals surface area contributed by atoms with Crippen molar-refractivity contribution in [3.8, 4) is 11.8 Å². The number of ether oxygens (including phenoxy) is 3. The number of aromatic nitrogens is 1. The smallest absolute Gasteiger partial charge is 0.225 e. The minimum absolute atomic E-state index is 0.506. The number of anilines is 2. The third-order valence-corrected chi connectivity index (χ3v) is 5.77. The molecule has 2 aromatic carbocycles. The predicted molar refractivity (Wildman–Crippen MR) is 123 cm³/mol. The van der Waals surface area contributed by atoms with E-state index in [2.05, 4.69) is 16.0 Å². The molecule has 0 unspecified atom stereocenters. The first-order chi connectivity index (χ1) is 16.1. The quantitative estimate of drug-likeness (QED) is 0.403. The molecule has 1 fully saturated rings. The Hall–Kier alpha value is -3.86. The predicted octanol–water partition coefficient (Wildman–Crippen LogP) is 5.27. The van der Waals surface area contributed by atoms with Crippen LogP contribution in [0.2, 0.25) is 0 Å². The zero-order valence-corrected chi connectivity index (χ0v) is 18.4. The monoisotopic (exact) mass is 441 g/mol. The van der Waals surface area contributed by atoms with Gasteiger partial charge >= 0.3 is 0 Å². The van der Waals surface area contributed by atoms with Gasteiger partial charge in [-0.05, 0) is 55.0 Å². The van der Waals surface area contributed by atoms with Crippen LogP contribution in [-0.4, -0.2) is 25.3 Å². The molecule has 0 bridgehead atoms. The third kappa shape index (κ3) is 3.91. The fraction of sp³-hybridized carbons (Fsp3) is 0.231. The van der Waals surface area contributed by atoms with Gasteiger partial charge in [0.15, 0.2) is 17.1 Å². The minimum Gasteiger partial charge on any atom is -0.493 e. The Morgan fingerprint density at radius 2 is 1.97 bits per heavy atom. The Bertz CT molecular complexity index is 1320. The van der Waals surface area contributed by atoms with Crippen molar-refractivity contribution < 1.29 is 18.6 Å². The van der Waals surface area contributed by atoms with E-state index < -0.39 is 5.79 Å². The van der Waals surface area contributed by atoms with E-state index in [-0.39, 0.29) is 0 Å². The van der Waals surface area contributed by atoms with Crippen LogP contribution in [0.25, 0.3) is 11.0 Å². The van der Waals surface area contributed by atoms with Crippen LogP contribution in [0.4, 0.5) is 11.4 Å². The average Bonchev–Trinajstić information content (AvgIpc) is 3.51. The van der Waals surface area contributed by atoms with Crippen molar-refractivity contribution in [2.75, 3.05) is 25.2 Å². The molecule has 1 aliphatic rings. The Morgan fingerprint density at radius 1 is 1.12 bits per heavy atom. The normalized spacial score (nSPS) is 14.8. The highest BCUT2D eigenvalue weighted by atomic mass is 16.7. The second-order valence-corrected chi connectivity index (χ2v) is 7.89. The number of nitriles is 1. The summed E-state index contributed by atoms with van der Waals surface area (Å²) in [5.74, 6) is 0.248. The summed E-state index contributed by atoms with van der Waals surface area (Å²) in [6.07, 6.45) is 3.59. The second kappa shape index (κ2) is 8.58. The Morgan fingerprint density at radius 3 is 2.70 bits per heavy atom. The highest BCUT2D eigenvalue weighted by molar-refractivity contribution is 5.97. The summed E-state index contributed by atoms with van der Waals surface area (Å²) in [6, 6.07) is 19.5. The van der Waals surface area contributed by atoms with E-state index in [4.69, 9.17) is 18.6 Å². The van der Waals surface area contributed by atoms with Crippen LogP contribution in [0, 0.1) is 11.3 Å². The van der Waals surface area contributed by atoms with Gasteiger partial charge in [-0.15, -0.1) is 0 Å². The molecule has 0 saturated carbocycles. The summed E-state index contributed by atoms with van der Waals surface area (Å²) >= 11 is 0. The third-order valence-electron chi connectivity index (χ3n) is 5.77. The lowest BCUT2D eigenvalue weighted by atomic mass is 10.1. The van der Waals surface area contributed by atoms with E-state index in [0.717, 1.165) is 22.3 Å². The molecule has 7 nitrogen and oxygen atoms in total. The molecule has 0 aliphatic carbocycles. The molecule has 0 N–H and O–H groups in total. The van der Waals surface area contributed by atoms with E-state index in [1.807, 2.05) is 61.7 Å². The number of methoxy groups -OCH3 is 1. The van der Waals surface area contributed by atoms with Crippen LogP contribution in [0.15, 0.2) is 71.4 Å². The molecule has 0 atom stereocenters. The zero-order chi connectivity index (χ0) is 22.8. The molecule has 0 spiro atoms. The van der Waals surface area contributed by atoms with Crippen molar-refractivity contribution in [3.05, 3.63) is 83.9 Å². The molecule has 1 saturated heterocycles. The van der Waals surface area contributed by atoms with E-state index in [9.17, 15) is 5.26 Å². The van der Waals surface area contributed by atoms with Crippen LogP contribution in [0.1, 0.15) is 23.8 Å². The maximum absolute atomic E-state index is 9.46. The topological polar surface area (TPSA) is 80.8 Å². The van der Waals surface area contributed by atoms with Crippen LogP contribution < -0.4 is 9.64 Å². The van der Waals surface area contributed by atoms with Gasteiger partial charge in [-0.1, -0.05) is 12.1 Å². The van der Waals surface area contributed by atoms with Gasteiger partial charge in [0.1, 0.15) is 0 Å². The van der Waals surface area contributed by atoms with Crippen LogP contribution in [-0.2, 0) is 21.8 Å². The standard InChI is InChI=1S/C26H23N3O4/c1-26(31-11-12-32-26)24-14-21-22(8-9-23(30-2)25(21)33-24)29(17-19-6-4-10-28-16-19)20-7-3-5-18(13-20)15-27/h3-10,13-14,16H,11-12,17H2,1-2H3. The molecule has 3 heterocycles. The van der Waals surface area contributed by atoms with Crippen molar-refractivity contribution in [3.63, 3.8) is 0 Å². The SMILES string of the molecule is COc1ccc(N(Cc2cccnc2)c2cccc(C#N)c2)c2cc(C3(C)OCCO3)oc12. The van der Waals surface area contributed by atoms with E-state index >= 15 is 0 Å². The van der Waals surface area contributed by atoms with E-state index in [1.165, 1.54) is 0 Å². The summed E-state index contributed by atoms with van der Waals surface area (Å²) in [7, 11) is 1.62. The Labute approximate surface area is 191 Å². The summed E-state index contributed by atoms with van der Waals surface area (Å²) in [5, 5.41) is 10.3. The summed E-state index contributed by atoms with van der Waals surface area (Å²) in [6.45, 7) is 3.42. The van der Waals surface area contributed by atoms with Crippen LogP contribution in [0.5, 0.6) is 5.75 Å². The minimum atomic E-state index is -0.948. The highest BCUT2D eigenvalue weighted by Crippen LogP contribution is 2.43. The molecule has 1 aliphatic heterocycles. The molecule has 166 valence electrons. The van der Waals surface area contributed by atoms with Crippen molar-refractivity contribution in [1.82, 2.24) is 4.98 Å². The molecule has 0 radical (unpaired) electrons. The number of fused-ring (bicyclic) bond motifs is 1. The number of benzene rings is 2. The van der Waals surface area contributed by atoms with Gasteiger partial charge in [0.25, 0.3) is 0 Å². The molecule has 4 aromatic rings. The van der Waals surface area contributed by atoms with Gasteiger partial charge in [-0.25, -0.2) is 0 Å². The zero-order valence-electron chi connectivity index (χ0n) is 18.4. The van der Waals surface area contributed by atoms with Gasteiger partial charge in [0.05, 0.1) is 37.6 Å². The van der Waals surface area contributed by atoms with Gasteiger partial charge in [0.2, 0.25) is 5.79 Å². The summed E-state index contributed by atoms with van der Waals surface area (Å²) < 4.78 is 23.5. The Kier molecular flexibility index (Phi) is 5.47. The van der Waals surface area contributed by atoms with E-state index in [0.29, 0.717) is 42.4 Å². The lowest BCUT2D eigenvalue weighted by Crippen LogP contribution is -2.21. The van der Waals surface area contributed by atoms with Crippen LogP contribution >= 0.6 is 0 Å². The first kappa shape index (κ1) is 21.0. The fourth-order valence-corrected chi connectivity index (χ4v) is 4.09. The molecular weight excluding hydrogens is 418 g/mol. The maximum atomic E-state index is 9.46. The first-order valence-corrected chi connectivity index (χ1v) is 10.7. The van der Waals surface area contributed by atoms with E-state index in [1.54, 1.807) is 19.4 Å². The lowest BCUT2D eigenvalue weighted by molar-refractivity contribution is -0.162. The van der Waals surface area contributed by atoms with Gasteiger partial charge < -0.3 is 23.5 Å². The first-order valence-electron chi connectivity index (χ1n) is 10.7. The van der Waals surface area contributed by atoms with Gasteiger partial charge in [-0.3, -0.25) is 4.98 Å². The van der Waals surface area contributed by atoms with Crippen molar-refractivity contribution in [2.24, 2.45) is 0 Å². The number of hydrogen-bond donors (Lipinski definition) is 0. The Balaban J connectivity index is 1.69. The number of rotatable bonds is 6. The number of nitrogens with zero attached hydrogens (tertiary/aromatic N) is 3. The van der Waals surface area contributed by atoms with Gasteiger partial charge in [0, 0.05) is 30.0 Å². The average molecular weight is 441 g/mol. The molecule has 33 heavy (non-hydrogen) atoms.